The van der Waals surface area contributed by atoms with Crippen molar-refractivity contribution in [2.45, 2.75) is 297 Å². The molecule has 107 heavy (non-hydrogen) atoms. The minimum atomic E-state index is -2.10. The average molecular weight is 1490 g/mol. The van der Waals surface area contributed by atoms with Crippen molar-refractivity contribution in [1.29, 1.82) is 0 Å². The molecule has 2 amide bonds. The molecular formula is C86H118N4O16Si. The molecule has 2 saturated carbocycles. The normalized spacial score (nSPS) is 28.4. The van der Waals surface area contributed by atoms with Gasteiger partial charge >= 0.3 is 23.9 Å². The molecule has 582 valence electrons. The van der Waals surface area contributed by atoms with E-state index in [1.165, 1.54) is 0 Å². The zero-order valence-electron chi connectivity index (χ0n) is 66.4. The molecule has 2 saturated heterocycles. The number of carbonyl (C=O) groups is 8. The third-order valence-corrected chi connectivity index (χ3v) is 28.4. The van der Waals surface area contributed by atoms with Crippen LogP contribution in [-0.2, 0) is 83.0 Å². The molecule has 4 aromatic rings. The number of ether oxygens (including phenoxy) is 6. The van der Waals surface area contributed by atoms with Crippen molar-refractivity contribution in [3.8, 4) is 23.0 Å². The molecule has 8 heterocycles. The number of Topliss-reactive ketones (excluding diaryl/α,β-unsaturated/α-hetero) is 2. The van der Waals surface area contributed by atoms with Gasteiger partial charge in [0.15, 0.2) is 11.6 Å². The number of esters is 4. The van der Waals surface area contributed by atoms with Gasteiger partial charge in [0.05, 0.1) is 84.5 Å². The topological polar surface area (TPSA) is 254 Å². The fraction of sp³-hybridized carbons (Fsp3) is 0.651. The van der Waals surface area contributed by atoms with Gasteiger partial charge in [0.1, 0.15) is 45.4 Å². The van der Waals surface area contributed by atoms with Crippen LogP contribution in [0.15, 0.2) is 60.7 Å². The van der Waals surface area contributed by atoms with Gasteiger partial charge in [-0.2, -0.15) is 0 Å². The first-order valence-corrected chi connectivity index (χ1v) is 42.8. The van der Waals surface area contributed by atoms with E-state index >= 15 is 0 Å². The summed E-state index contributed by atoms with van der Waals surface area (Å²) in [5, 5.41) is 12.2. The quantitative estimate of drug-likeness (QED) is 0.0598. The Kier molecular flexibility index (Phi) is 23.8. The second-order valence-corrected chi connectivity index (χ2v) is 40.1. The fourth-order valence-corrected chi connectivity index (χ4v) is 18.2. The molecule has 6 aliphatic heterocycles. The zero-order chi connectivity index (χ0) is 77.4. The Morgan fingerprint density at radius 3 is 1.42 bits per heavy atom. The third kappa shape index (κ3) is 17.8. The van der Waals surface area contributed by atoms with Crippen molar-refractivity contribution in [1.82, 2.24) is 19.8 Å². The number of benzene rings is 2. The highest BCUT2D eigenvalue weighted by Gasteiger charge is 2.65. The number of phenolic OH excluding ortho intramolecular Hbond substituents is 1. The highest BCUT2D eigenvalue weighted by molar-refractivity contribution is 6.74. The molecule has 0 radical (unpaired) electrons. The first-order chi connectivity index (χ1) is 50.5. The van der Waals surface area contributed by atoms with Crippen LogP contribution in [0.2, 0.25) is 18.1 Å². The molecule has 2 aromatic heterocycles. The zero-order valence-corrected chi connectivity index (χ0v) is 67.4. The van der Waals surface area contributed by atoms with Gasteiger partial charge in [0.25, 0.3) is 0 Å². The summed E-state index contributed by atoms with van der Waals surface area (Å²) in [7, 11) is -2.10. The average Bonchev–Trinajstić information content (AvgIpc) is 1.63. The van der Waals surface area contributed by atoms with E-state index < -0.39 is 77.4 Å². The van der Waals surface area contributed by atoms with Gasteiger partial charge in [-0.3, -0.25) is 38.4 Å². The maximum atomic E-state index is 14.9. The lowest BCUT2D eigenvalue weighted by molar-refractivity contribution is -0.159. The molecule has 2 aliphatic carbocycles. The molecule has 0 bridgehead atoms. The molecule has 0 unspecified atom stereocenters. The minimum Gasteiger partial charge on any atom is -0.543 e. The number of phenols is 1. The predicted molar refractivity (Wildman–Crippen MR) is 411 cm³/mol. The van der Waals surface area contributed by atoms with E-state index in [1.54, 1.807) is 35.8 Å². The standard InChI is InChI=1S/C46H66N2O8Si.C40H52N2O8/c1-11-35-40-33(34-25-32(20-21-36(34)47-35)56-57(9,10)44(6,7)8)22-23-45(55-40)27-37-38(49)28-46(42(52)53-12-2)26-31(46)19-17-15-13-14-16-18-30(41(51)48(37)29-45)24-39(50)54-43(3,4)5;1-6-30-35-28(29-20-27(43)15-16-31(29)41-30)17-18-39(50-35)22-32-33(44)23-40(37(47)48-7-2)21-26(40)14-12-10-8-9-11-13-25(36(46)42(32)24-39)19-34(45)49-38(3,4)5/h17,19-21,25,30-31,37H,11-16,18,22-24,26-29H2,1-10H3;12,14-16,20,25-26,32,43H,6-11,13,17-19,21-24H2,1-5H3/b19-17-;14-12-/t30-,31-,37+,45-,46-;25-,26-,32+,39-,40-/m11/s1. The Bertz CT molecular complexity index is 4120. The van der Waals surface area contributed by atoms with Gasteiger partial charge in [-0.05, 0) is 212 Å². The summed E-state index contributed by atoms with van der Waals surface area (Å²) in [6.45, 7) is 30.5. The summed E-state index contributed by atoms with van der Waals surface area (Å²) in [4.78, 5) is 125. The molecule has 10 atom stereocenters. The summed E-state index contributed by atoms with van der Waals surface area (Å²) in [6, 6.07) is 9.67. The summed E-state index contributed by atoms with van der Waals surface area (Å²) < 4.78 is 43.2. The maximum absolute atomic E-state index is 14.9. The molecule has 2 spiro atoms. The van der Waals surface area contributed by atoms with Crippen molar-refractivity contribution < 1.29 is 76.3 Å². The van der Waals surface area contributed by atoms with E-state index in [2.05, 4.69) is 71.2 Å². The SMILES string of the molecule is CCOC(=O)[C@]12CC(=O)[C@@H]3C[C@]4(CCc5c(c(CC)nc6ccc(O)cc56)O4)CN3C(=O)[C@@H](CC(=O)OC(C)(C)C)CCCCC/C=C\[C@@H]1C2.CCOC(=O)[C@]12CC(=O)[C@@H]3C[C@]4(CCc5c(c(CC)nc6ccc(O[Si](C)(C)C(C)(C)C)cc56)O4)CN3C(=O)[C@@H](CC(=O)OC(C)(C)C)CCCCC/C=C\[C@@H]1C2. The van der Waals surface area contributed by atoms with E-state index in [9.17, 15) is 43.5 Å². The van der Waals surface area contributed by atoms with Crippen molar-refractivity contribution in [2.75, 3.05) is 26.3 Å². The van der Waals surface area contributed by atoms with Crippen LogP contribution >= 0.6 is 0 Å². The highest BCUT2D eigenvalue weighted by Crippen LogP contribution is 2.60. The highest BCUT2D eigenvalue weighted by atomic mass is 28.4. The van der Waals surface area contributed by atoms with Crippen LogP contribution < -0.4 is 13.9 Å². The van der Waals surface area contributed by atoms with Crippen molar-refractivity contribution in [2.24, 2.45) is 34.5 Å². The van der Waals surface area contributed by atoms with E-state index in [-0.39, 0.29) is 116 Å². The number of fused-ring (bicyclic) bond motifs is 10. The molecular weight excluding hydrogens is 1370 g/mol. The van der Waals surface area contributed by atoms with E-state index in [1.807, 2.05) is 66.7 Å². The van der Waals surface area contributed by atoms with Crippen LogP contribution in [0.3, 0.4) is 0 Å². The maximum Gasteiger partial charge on any atom is 0.313 e. The number of nitrogens with zero attached hydrogens (tertiary/aromatic N) is 4. The Morgan fingerprint density at radius 2 is 1.01 bits per heavy atom. The van der Waals surface area contributed by atoms with Crippen LogP contribution in [-0.4, -0.2) is 141 Å². The largest absolute Gasteiger partial charge is 0.543 e. The number of pyridine rings is 2. The van der Waals surface area contributed by atoms with Gasteiger partial charge in [-0.25, -0.2) is 9.97 Å². The molecule has 4 fully saturated rings. The van der Waals surface area contributed by atoms with Crippen molar-refractivity contribution in [3.05, 3.63) is 83.2 Å². The smallest absolute Gasteiger partial charge is 0.313 e. The van der Waals surface area contributed by atoms with Crippen LogP contribution in [0.4, 0.5) is 0 Å². The fourth-order valence-electron chi connectivity index (χ4n) is 17.2. The second-order valence-electron chi connectivity index (χ2n) is 35.4. The third-order valence-electron chi connectivity index (χ3n) is 24.0. The lowest BCUT2D eigenvalue weighted by Crippen LogP contribution is -2.47. The summed E-state index contributed by atoms with van der Waals surface area (Å²) in [6.07, 6.45) is 21.4. The minimum absolute atomic E-state index is 0.0118. The van der Waals surface area contributed by atoms with Crippen molar-refractivity contribution >= 4 is 77.4 Å². The molecule has 12 rings (SSSR count). The number of carbonyl (C=O) groups excluding carboxylic acids is 8. The monoisotopic (exact) mass is 1490 g/mol. The summed E-state index contributed by atoms with van der Waals surface area (Å²) in [5.41, 5.74) is 0.362. The molecule has 1 N–H and O–H groups in total. The number of hydrogen-bond donors (Lipinski definition) is 1. The van der Waals surface area contributed by atoms with Gasteiger partial charge in [0.2, 0.25) is 20.1 Å². The van der Waals surface area contributed by atoms with Crippen molar-refractivity contribution in [3.63, 3.8) is 0 Å². The van der Waals surface area contributed by atoms with Crippen LogP contribution in [0.25, 0.3) is 21.8 Å². The number of ketones is 2. The van der Waals surface area contributed by atoms with Gasteiger partial charge in [-0.15, -0.1) is 0 Å². The van der Waals surface area contributed by atoms with E-state index in [4.69, 9.17) is 42.8 Å². The number of aromatic nitrogens is 2. The molecule has 8 aliphatic rings. The Morgan fingerprint density at radius 1 is 0.579 bits per heavy atom. The summed E-state index contributed by atoms with van der Waals surface area (Å²) >= 11 is 0. The first kappa shape index (κ1) is 80.3. The molecule has 2 aromatic carbocycles. The van der Waals surface area contributed by atoms with Crippen LogP contribution in [0, 0.1) is 34.5 Å². The van der Waals surface area contributed by atoms with Crippen LogP contribution in [0.5, 0.6) is 23.0 Å². The molecule has 20 nitrogen and oxygen atoms in total. The van der Waals surface area contributed by atoms with Crippen LogP contribution in [0.1, 0.15) is 241 Å². The number of hydrogen-bond acceptors (Lipinski definition) is 18. The second kappa shape index (κ2) is 31.7. The Balaban J connectivity index is 0.000000215. The summed E-state index contributed by atoms with van der Waals surface area (Å²) in [5.74, 6) is -1.52. The lowest BCUT2D eigenvalue weighted by atomic mass is 9.85. The number of amides is 2. The molecule has 21 heteroatoms. The predicted octanol–water partition coefficient (Wildman–Crippen LogP) is 15.8. The van der Waals surface area contributed by atoms with E-state index in [0.717, 1.165) is 107 Å². The first-order valence-electron chi connectivity index (χ1n) is 39.9. The Labute approximate surface area is 634 Å². The van der Waals surface area contributed by atoms with Gasteiger partial charge in [0, 0.05) is 59.4 Å². The van der Waals surface area contributed by atoms with E-state index in [0.29, 0.717) is 76.4 Å². The lowest BCUT2D eigenvalue weighted by Gasteiger charge is -2.37. The van der Waals surface area contributed by atoms with Gasteiger partial charge in [-0.1, -0.05) is 84.6 Å². The number of rotatable bonds is 12. The van der Waals surface area contributed by atoms with Gasteiger partial charge < -0.3 is 47.8 Å². The Hall–Kier alpha value is -7.68. The number of allylic oxidation sites excluding steroid dienone is 4. The number of aromatic hydroxyl groups is 1. The number of aryl methyl sites for hydroxylation is 4.